The summed E-state index contributed by atoms with van der Waals surface area (Å²) in [4.78, 5) is 28.2. The second kappa shape index (κ2) is 12.7. The van der Waals surface area contributed by atoms with E-state index in [9.17, 15) is 19.7 Å². The molecule has 41 heavy (non-hydrogen) atoms. The van der Waals surface area contributed by atoms with Gasteiger partial charge in [-0.25, -0.2) is 0 Å². The Labute approximate surface area is 255 Å². The molecule has 2 aliphatic heterocycles. The Bertz CT molecular complexity index is 1380. The van der Waals surface area contributed by atoms with Gasteiger partial charge in [-0.1, -0.05) is 55.8 Å². The number of hydrogen-bond donors (Lipinski definition) is 2. The fourth-order valence-electron chi connectivity index (χ4n) is 6.88. The van der Waals surface area contributed by atoms with Crippen molar-refractivity contribution in [2.45, 2.75) is 58.4 Å². The van der Waals surface area contributed by atoms with Gasteiger partial charge in [0.25, 0.3) is 0 Å². The second-order valence-electron chi connectivity index (χ2n) is 11.1. The Morgan fingerprint density at radius 3 is 2.61 bits per heavy atom. The lowest BCUT2D eigenvalue weighted by atomic mass is 9.58. The van der Waals surface area contributed by atoms with Crippen LogP contribution in [0.15, 0.2) is 53.6 Å². The highest BCUT2D eigenvalue weighted by atomic mass is 127. The average Bonchev–Trinajstić information content (AvgIpc) is 3.21. The van der Waals surface area contributed by atoms with Gasteiger partial charge in [-0.15, -0.1) is 0 Å². The lowest BCUT2D eigenvalue weighted by molar-refractivity contribution is -0.140. The summed E-state index contributed by atoms with van der Waals surface area (Å²) in [5.41, 5.74) is 5.37. The highest BCUT2D eigenvalue weighted by molar-refractivity contribution is 14.1. The quantitative estimate of drug-likeness (QED) is 0.113. The maximum atomic E-state index is 13.5. The van der Waals surface area contributed by atoms with E-state index in [1.807, 2.05) is 37.3 Å². The van der Waals surface area contributed by atoms with Gasteiger partial charge in [-0.3, -0.25) is 14.5 Å². The van der Waals surface area contributed by atoms with Crippen molar-refractivity contribution in [1.82, 2.24) is 4.90 Å². The minimum Gasteiger partial charge on any atom is -0.504 e. The SMILES string of the molecule is CCCN1C(=O)[C@@H]2[C@@H](CC(CC)=C3[C@@H](CC/C(=C/c4cc(I)c(O)c(OC)c4)c4ccccc4)OB(O)C[C@@H]32)C1=O. The van der Waals surface area contributed by atoms with Gasteiger partial charge in [-0.05, 0) is 101 Å². The molecule has 0 bridgehead atoms. The summed E-state index contributed by atoms with van der Waals surface area (Å²) in [5, 5.41) is 21.2. The van der Waals surface area contributed by atoms with E-state index in [1.165, 1.54) is 17.6 Å². The molecule has 2 fully saturated rings. The van der Waals surface area contributed by atoms with Crippen molar-refractivity contribution in [2.75, 3.05) is 13.7 Å². The monoisotopic (exact) mass is 669 g/mol. The number of rotatable bonds is 9. The molecule has 4 atom stereocenters. The number of aromatic hydroxyl groups is 1. The van der Waals surface area contributed by atoms with Crippen molar-refractivity contribution in [1.29, 1.82) is 0 Å². The number of carbonyl (C=O) groups is 2. The number of ether oxygens (including phenoxy) is 1. The highest BCUT2D eigenvalue weighted by Crippen LogP contribution is 2.51. The minimum atomic E-state index is -0.985. The number of likely N-dealkylation sites (tertiary alicyclic amines) is 1. The molecular formula is C32H37BINO6. The predicted octanol–water partition coefficient (Wildman–Crippen LogP) is 5.94. The van der Waals surface area contributed by atoms with Crippen LogP contribution in [0.25, 0.3) is 11.6 Å². The van der Waals surface area contributed by atoms with Crippen LogP contribution in [-0.4, -0.2) is 53.7 Å². The summed E-state index contributed by atoms with van der Waals surface area (Å²) < 4.78 is 12.3. The largest absolute Gasteiger partial charge is 0.504 e. The molecule has 1 aliphatic carbocycles. The molecule has 2 N–H and O–H groups in total. The first kappa shape index (κ1) is 29.9. The zero-order valence-electron chi connectivity index (χ0n) is 23.8. The van der Waals surface area contributed by atoms with Gasteiger partial charge < -0.3 is 19.5 Å². The van der Waals surface area contributed by atoms with E-state index in [0.29, 0.717) is 41.4 Å². The standard InChI is InChI=1S/C32H37BINO6/c1-4-13-35-31(37)23-17-20(5-2)28-24(29(23)32(35)38)18-33(39)41-26(28)12-11-22(21-9-7-6-8-10-21)14-19-15-25(34)30(36)27(16-19)40-3/h6-10,14-16,23-24,26,29,36,39H,4-5,11-13,17-18H2,1-3H3/b22-14-/t23-,24+,26-,29-/m1/s1. The smallest absolute Gasteiger partial charge is 0.455 e. The first-order valence-electron chi connectivity index (χ1n) is 14.5. The Morgan fingerprint density at radius 2 is 1.93 bits per heavy atom. The van der Waals surface area contributed by atoms with E-state index in [4.69, 9.17) is 9.39 Å². The molecule has 0 radical (unpaired) electrons. The zero-order valence-corrected chi connectivity index (χ0v) is 26.0. The van der Waals surface area contributed by atoms with Crippen LogP contribution in [0.2, 0.25) is 6.32 Å². The van der Waals surface area contributed by atoms with E-state index < -0.39 is 13.0 Å². The van der Waals surface area contributed by atoms with Crippen LogP contribution in [0.4, 0.5) is 0 Å². The summed E-state index contributed by atoms with van der Waals surface area (Å²) in [7, 11) is 0.553. The molecule has 0 spiro atoms. The van der Waals surface area contributed by atoms with Gasteiger partial charge in [0.05, 0.1) is 28.6 Å². The van der Waals surface area contributed by atoms with Gasteiger partial charge in [-0.2, -0.15) is 0 Å². The number of imide groups is 1. The van der Waals surface area contributed by atoms with E-state index in [2.05, 4.69) is 47.7 Å². The number of fused-ring (bicyclic) bond motifs is 3. The van der Waals surface area contributed by atoms with Crippen molar-refractivity contribution in [3.05, 3.63) is 68.3 Å². The van der Waals surface area contributed by atoms with Crippen LogP contribution < -0.4 is 4.74 Å². The molecule has 2 saturated heterocycles. The zero-order chi connectivity index (χ0) is 29.3. The number of hydrogen-bond acceptors (Lipinski definition) is 6. The third kappa shape index (κ3) is 5.86. The fraction of sp³-hybridized carbons (Fsp3) is 0.438. The first-order chi connectivity index (χ1) is 19.8. The number of nitrogens with zero attached hydrogens (tertiary/aromatic N) is 1. The van der Waals surface area contributed by atoms with Crippen molar-refractivity contribution in [2.24, 2.45) is 17.8 Å². The number of benzene rings is 2. The molecule has 2 aromatic carbocycles. The molecule has 5 rings (SSSR count). The maximum absolute atomic E-state index is 13.5. The summed E-state index contributed by atoms with van der Waals surface area (Å²) in [6.45, 7) is 4.52. The van der Waals surface area contributed by atoms with Gasteiger partial charge in [0.2, 0.25) is 11.8 Å². The molecule has 2 heterocycles. The van der Waals surface area contributed by atoms with Gasteiger partial charge >= 0.3 is 7.12 Å². The molecule has 0 saturated carbocycles. The molecule has 9 heteroatoms. The Hall–Kier alpha value is -2.63. The summed E-state index contributed by atoms with van der Waals surface area (Å²) in [5.74, 6) is -0.561. The third-order valence-electron chi connectivity index (χ3n) is 8.71. The van der Waals surface area contributed by atoms with Gasteiger partial charge in [0.1, 0.15) is 0 Å². The molecule has 3 aliphatic rings. The fourth-order valence-corrected chi connectivity index (χ4v) is 7.51. The molecular weight excluding hydrogens is 632 g/mol. The highest BCUT2D eigenvalue weighted by Gasteiger charge is 2.56. The number of phenols is 1. The Kier molecular flexibility index (Phi) is 9.25. The Balaban J connectivity index is 1.47. The molecule has 7 nitrogen and oxygen atoms in total. The predicted molar refractivity (Wildman–Crippen MR) is 168 cm³/mol. The second-order valence-corrected chi connectivity index (χ2v) is 12.3. The first-order valence-corrected chi connectivity index (χ1v) is 15.6. The lowest BCUT2D eigenvalue weighted by Crippen LogP contribution is -2.46. The van der Waals surface area contributed by atoms with Crippen LogP contribution in [0, 0.1) is 21.3 Å². The number of halogens is 1. The van der Waals surface area contributed by atoms with Crippen LogP contribution in [-0.2, 0) is 14.2 Å². The van der Waals surface area contributed by atoms with Crippen molar-refractivity contribution >= 4 is 53.2 Å². The normalized spacial score (nSPS) is 24.6. The lowest BCUT2D eigenvalue weighted by Gasteiger charge is -2.43. The van der Waals surface area contributed by atoms with Crippen LogP contribution >= 0.6 is 22.6 Å². The summed E-state index contributed by atoms with van der Waals surface area (Å²) >= 11 is 2.10. The minimum absolute atomic E-state index is 0.0577. The number of methoxy groups -OCH3 is 1. The van der Waals surface area contributed by atoms with Crippen LogP contribution in [0.1, 0.15) is 57.1 Å². The molecule has 216 valence electrons. The maximum Gasteiger partial charge on any atom is 0.455 e. The van der Waals surface area contributed by atoms with E-state index >= 15 is 0 Å². The molecule has 2 aromatic rings. The average molecular weight is 669 g/mol. The summed E-state index contributed by atoms with van der Waals surface area (Å²) in [6, 6.07) is 13.9. The number of carbonyl (C=O) groups excluding carboxylic acids is 2. The van der Waals surface area contributed by atoms with Gasteiger partial charge in [0, 0.05) is 6.54 Å². The van der Waals surface area contributed by atoms with E-state index in [0.717, 1.165) is 35.1 Å². The number of amides is 2. The molecule has 0 aromatic heterocycles. The molecule has 2 amide bonds. The van der Waals surface area contributed by atoms with Crippen LogP contribution in [0.3, 0.4) is 0 Å². The van der Waals surface area contributed by atoms with Crippen molar-refractivity contribution in [3.63, 3.8) is 0 Å². The van der Waals surface area contributed by atoms with Crippen molar-refractivity contribution in [3.8, 4) is 11.5 Å². The summed E-state index contributed by atoms with van der Waals surface area (Å²) in [6.07, 6.45) is 5.48. The Morgan fingerprint density at radius 1 is 1.17 bits per heavy atom. The van der Waals surface area contributed by atoms with Crippen molar-refractivity contribution < 1.29 is 29.1 Å². The van der Waals surface area contributed by atoms with Crippen LogP contribution in [0.5, 0.6) is 11.5 Å². The molecule has 0 unspecified atom stereocenters. The van der Waals surface area contributed by atoms with E-state index in [1.54, 1.807) is 0 Å². The van der Waals surface area contributed by atoms with E-state index in [-0.39, 0.29) is 35.5 Å². The topological polar surface area (TPSA) is 96.3 Å². The third-order valence-corrected chi connectivity index (χ3v) is 9.53. The number of phenolic OH excluding ortho intramolecular Hbond substituents is 1. The van der Waals surface area contributed by atoms with Gasteiger partial charge in [0.15, 0.2) is 11.5 Å². The number of allylic oxidation sites excluding steroid dienone is 2.